The van der Waals surface area contributed by atoms with Crippen molar-refractivity contribution < 1.29 is 9.32 Å². The zero-order chi connectivity index (χ0) is 16.8. The lowest BCUT2D eigenvalue weighted by atomic mass is 9.94. The smallest absolute Gasteiger partial charge is 0.316 e. The standard InChI is InChI=1S/C19H18N4O2/c24-18(21-10-15-8-11-1-2-13(15)7-11)19-22-17(23-25-19)14-4-3-12-5-6-20-16(12)9-14/h1-6,9,11,13,15,20H,7-8,10H2,(H,21,24)/t11-,13+,15+/m1/s1. The Labute approximate surface area is 144 Å². The van der Waals surface area contributed by atoms with Gasteiger partial charge in [-0.15, -0.1) is 0 Å². The minimum atomic E-state index is -0.300. The van der Waals surface area contributed by atoms with Crippen LogP contribution in [0.5, 0.6) is 0 Å². The molecule has 2 aliphatic carbocycles. The van der Waals surface area contributed by atoms with Crippen LogP contribution in [0.15, 0.2) is 47.1 Å². The van der Waals surface area contributed by atoms with E-state index in [1.54, 1.807) is 0 Å². The molecule has 2 bridgehead atoms. The van der Waals surface area contributed by atoms with Crippen molar-refractivity contribution in [3.63, 3.8) is 0 Å². The van der Waals surface area contributed by atoms with Crippen molar-refractivity contribution in [2.45, 2.75) is 12.8 Å². The fourth-order valence-electron chi connectivity index (χ4n) is 4.05. The Hall–Kier alpha value is -2.89. The molecule has 5 rings (SSSR count). The van der Waals surface area contributed by atoms with Crippen LogP contribution in [-0.2, 0) is 0 Å². The second kappa shape index (κ2) is 5.58. The second-order valence-electron chi connectivity index (χ2n) is 6.95. The molecule has 25 heavy (non-hydrogen) atoms. The Balaban J connectivity index is 1.28. The van der Waals surface area contributed by atoms with Gasteiger partial charge in [0.15, 0.2) is 0 Å². The largest absolute Gasteiger partial charge is 0.361 e. The number of carbonyl (C=O) groups excluding carboxylic acids is 1. The predicted molar refractivity (Wildman–Crippen MR) is 92.8 cm³/mol. The van der Waals surface area contributed by atoms with Crippen LogP contribution in [-0.4, -0.2) is 27.6 Å². The molecule has 3 aromatic rings. The first-order chi connectivity index (χ1) is 12.3. The van der Waals surface area contributed by atoms with E-state index in [2.05, 4.69) is 32.6 Å². The van der Waals surface area contributed by atoms with Gasteiger partial charge in [-0.05, 0) is 48.1 Å². The number of allylic oxidation sites excluding steroid dienone is 2. The monoisotopic (exact) mass is 334 g/mol. The molecule has 6 nitrogen and oxygen atoms in total. The summed E-state index contributed by atoms with van der Waals surface area (Å²) in [5, 5.41) is 8.00. The molecule has 2 aromatic heterocycles. The first-order valence-corrected chi connectivity index (χ1v) is 8.64. The number of benzene rings is 1. The van der Waals surface area contributed by atoms with Crippen LogP contribution in [0.3, 0.4) is 0 Å². The molecular formula is C19H18N4O2. The quantitative estimate of drug-likeness (QED) is 0.718. The van der Waals surface area contributed by atoms with E-state index in [1.165, 1.54) is 6.42 Å². The summed E-state index contributed by atoms with van der Waals surface area (Å²) in [5.74, 6) is 1.97. The Morgan fingerprint density at radius 3 is 3.08 bits per heavy atom. The van der Waals surface area contributed by atoms with E-state index in [9.17, 15) is 4.79 Å². The molecule has 2 aliphatic rings. The minimum absolute atomic E-state index is 0.0141. The highest BCUT2D eigenvalue weighted by atomic mass is 16.5. The molecule has 1 fully saturated rings. The third kappa shape index (κ3) is 2.54. The van der Waals surface area contributed by atoms with E-state index in [0.717, 1.165) is 22.9 Å². The third-order valence-electron chi connectivity index (χ3n) is 5.37. The van der Waals surface area contributed by atoms with Crippen LogP contribution >= 0.6 is 0 Å². The van der Waals surface area contributed by atoms with Crippen molar-refractivity contribution in [3.05, 3.63) is 48.5 Å². The third-order valence-corrected chi connectivity index (χ3v) is 5.37. The number of aromatic nitrogens is 3. The molecule has 2 heterocycles. The number of fused-ring (bicyclic) bond motifs is 3. The molecule has 3 atom stereocenters. The van der Waals surface area contributed by atoms with Crippen molar-refractivity contribution >= 4 is 16.8 Å². The number of aromatic amines is 1. The number of hydrogen-bond donors (Lipinski definition) is 2. The summed E-state index contributed by atoms with van der Waals surface area (Å²) in [5.41, 5.74) is 1.81. The highest BCUT2D eigenvalue weighted by Gasteiger charge is 2.35. The number of carbonyl (C=O) groups is 1. The summed E-state index contributed by atoms with van der Waals surface area (Å²) in [4.78, 5) is 19.7. The van der Waals surface area contributed by atoms with Crippen LogP contribution in [0.2, 0.25) is 0 Å². The van der Waals surface area contributed by atoms with Gasteiger partial charge in [-0.1, -0.05) is 29.4 Å². The average molecular weight is 334 g/mol. The van der Waals surface area contributed by atoms with E-state index < -0.39 is 0 Å². The molecule has 0 saturated heterocycles. The maximum absolute atomic E-state index is 12.3. The second-order valence-corrected chi connectivity index (χ2v) is 6.95. The highest BCUT2D eigenvalue weighted by molar-refractivity contribution is 5.90. The van der Waals surface area contributed by atoms with Crippen LogP contribution < -0.4 is 5.32 Å². The highest BCUT2D eigenvalue weighted by Crippen LogP contribution is 2.42. The normalized spacial score (nSPS) is 24.2. The van der Waals surface area contributed by atoms with E-state index in [4.69, 9.17) is 4.52 Å². The van der Waals surface area contributed by atoms with Crippen molar-refractivity contribution in [2.75, 3.05) is 6.54 Å². The molecule has 1 saturated carbocycles. The van der Waals surface area contributed by atoms with Crippen LogP contribution in [0.4, 0.5) is 0 Å². The molecule has 1 amide bonds. The van der Waals surface area contributed by atoms with Crippen molar-refractivity contribution in [3.8, 4) is 11.4 Å². The van der Waals surface area contributed by atoms with Gasteiger partial charge in [-0.2, -0.15) is 4.98 Å². The maximum Gasteiger partial charge on any atom is 0.316 e. The lowest BCUT2D eigenvalue weighted by molar-refractivity contribution is 0.0901. The molecule has 1 aromatic carbocycles. The van der Waals surface area contributed by atoms with Gasteiger partial charge in [-0.25, -0.2) is 0 Å². The molecule has 6 heteroatoms. The zero-order valence-corrected chi connectivity index (χ0v) is 13.6. The number of amides is 1. The van der Waals surface area contributed by atoms with Crippen molar-refractivity contribution in [2.24, 2.45) is 17.8 Å². The van der Waals surface area contributed by atoms with Gasteiger partial charge in [0, 0.05) is 23.8 Å². The average Bonchev–Trinajstić information content (AvgIpc) is 3.42. The summed E-state index contributed by atoms with van der Waals surface area (Å²) in [6, 6.07) is 7.85. The summed E-state index contributed by atoms with van der Waals surface area (Å²) >= 11 is 0. The van der Waals surface area contributed by atoms with Crippen LogP contribution in [0.1, 0.15) is 23.5 Å². The summed E-state index contributed by atoms with van der Waals surface area (Å²) < 4.78 is 5.15. The van der Waals surface area contributed by atoms with Gasteiger partial charge < -0.3 is 14.8 Å². The van der Waals surface area contributed by atoms with E-state index in [-0.39, 0.29) is 11.8 Å². The molecule has 0 aliphatic heterocycles. The van der Waals surface area contributed by atoms with Crippen molar-refractivity contribution in [1.82, 2.24) is 20.4 Å². The first-order valence-electron chi connectivity index (χ1n) is 8.64. The fourth-order valence-corrected chi connectivity index (χ4v) is 4.05. The fraction of sp³-hybridized carbons (Fsp3) is 0.316. The van der Waals surface area contributed by atoms with Gasteiger partial charge in [0.1, 0.15) is 0 Å². The lowest BCUT2D eigenvalue weighted by Crippen LogP contribution is -2.31. The van der Waals surface area contributed by atoms with Crippen molar-refractivity contribution in [1.29, 1.82) is 0 Å². The van der Waals surface area contributed by atoms with E-state index >= 15 is 0 Å². The van der Waals surface area contributed by atoms with Gasteiger partial charge in [0.05, 0.1) is 0 Å². The van der Waals surface area contributed by atoms with E-state index in [0.29, 0.717) is 30.1 Å². The van der Waals surface area contributed by atoms with Gasteiger partial charge in [-0.3, -0.25) is 4.79 Å². The topological polar surface area (TPSA) is 83.8 Å². The SMILES string of the molecule is O=C(NC[C@@H]1C[C@@H]2C=C[C@H]1C2)c1nc(-c2ccc3cc[nH]c3c2)no1. The molecule has 0 spiro atoms. The van der Waals surface area contributed by atoms with Gasteiger partial charge in [0.25, 0.3) is 0 Å². The lowest BCUT2D eigenvalue weighted by Gasteiger charge is -2.17. The van der Waals surface area contributed by atoms with Crippen LogP contribution in [0, 0.1) is 17.8 Å². The minimum Gasteiger partial charge on any atom is -0.361 e. The van der Waals surface area contributed by atoms with E-state index in [1.807, 2.05) is 30.5 Å². The Morgan fingerprint density at radius 1 is 1.28 bits per heavy atom. The molecule has 2 N–H and O–H groups in total. The predicted octanol–water partition coefficient (Wildman–Crippen LogP) is 3.16. The Bertz CT molecular complexity index is 971. The Kier molecular flexibility index (Phi) is 3.23. The number of nitrogens with zero attached hydrogens (tertiary/aromatic N) is 2. The first kappa shape index (κ1) is 14.5. The Morgan fingerprint density at radius 2 is 2.24 bits per heavy atom. The summed E-state index contributed by atoms with van der Waals surface area (Å²) in [6.07, 6.45) is 8.86. The number of H-pyrrole nitrogens is 1. The number of nitrogens with one attached hydrogen (secondary N) is 2. The number of rotatable bonds is 4. The summed E-state index contributed by atoms with van der Waals surface area (Å²) in [6.45, 7) is 0.663. The number of hydrogen-bond acceptors (Lipinski definition) is 4. The zero-order valence-electron chi connectivity index (χ0n) is 13.6. The maximum atomic E-state index is 12.3. The molecule has 0 radical (unpaired) electrons. The summed E-state index contributed by atoms with van der Waals surface area (Å²) in [7, 11) is 0. The molecule has 0 unspecified atom stereocenters. The van der Waals surface area contributed by atoms with Gasteiger partial charge >= 0.3 is 11.8 Å². The van der Waals surface area contributed by atoms with Gasteiger partial charge in [0.2, 0.25) is 5.82 Å². The molecular weight excluding hydrogens is 316 g/mol. The molecule has 126 valence electrons. The van der Waals surface area contributed by atoms with Crippen LogP contribution in [0.25, 0.3) is 22.3 Å².